The van der Waals surface area contributed by atoms with Gasteiger partial charge in [0.05, 0.1) is 6.04 Å². The van der Waals surface area contributed by atoms with E-state index >= 15 is 0 Å². The molecule has 28 heteroatoms. The van der Waals surface area contributed by atoms with Crippen LogP contribution in [0.25, 0.3) is 0 Å². The average molecular weight is 918 g/mol. The summed E-state index contributed by atoms with van der Waals surface area (Å²) in [5.74, 6) is -9.75. The molecular weight excluding hydrogens is 855 g/mol. The average Bonchev–Trinajstić information content (AvgIpc) is 3.20. The lowest BCUT2D eigenvalue weighted by molar-refractivity contribution is -0.138. The third-order valence-electron chi connectivity index (χ3n) is 8.78. The van der Waals surface area contributed by atoms with Crippen molar-refractivity contribution in [2.45, 2.75) is 107 Å². The molecule has 0 spiro atoms. The summed E-state index contributed by atoms with van der Waals surface area (Å²) in [5, 5.41) is 35.2. The Balaban J connectivity index is 6.57. The van der Waals surface area contributed by atoms with E-state index in [0.717, 1.165) is 0 Å². The van der Waals surface area contributed by atoms with Gasteiger partial charge in [0.1, 0.15) is 36.8 Å². The molecule has 0 aromatic carbocycles. The van der Waals surface area contributed by atoms with Crippen LogP contribution in [0.4, 0.5) is 0 Å². The molecule has 0 fully saturated rings. The Kier molecular flexibility index (Phi) is 28.2. The topological polar surface area (TPSA) is 476 Å². The molecular formula is C35H63N15O12S. The molecule has 63 heavy (non-hydrogen) atoms. The lowest BCUT2D eigenvalue weighted by atomic mass is 10.0. The van der Waals surface area contributed by atoms with Gasteiger partial charge in [0.25, 0.3) is 0 Å². The molecule has 6 unspecified atom stereocenters. The zero-order valence-corrected chi connectivity index (χ0v) is 36.1. The van der Waals surface area contributed by atoms with Crippen molar-refractivity contribution in [1.29, 1.82) is 0 Å². The van der Waals surface area contributed by atoms with Crippen molar-refractivity contribution in [3.05, 3.63) is 0 Å². The van der Waals surface area contributed by atoms with E-state index in [1.54, 1.807) is 6.26 Å². The molecule has 0 rings (SSSR count). The van der Waals surface area contributed by atoms with Gasteiger partial charge in [0, 0.05) is 32.4 Å². The van der Waals surface area contributed by atoms with E-state index in [-0.39, 0.29) is 75.7 Å². The molecule has 6 atom stereocenters. The highest BCUT2D eigenvalue weighted by atomic mass is 32.2. The zero-order chi connectivity index (χ0) is 48.1. The van der Waals surface area contributed by atoms with Crippen LogP contribution < -0.4 is 71.6 Å². The first kappa shape index (κ1) is 56.5. The van der Waals surface area contributed by atoms with Crippen LogP contribution in [0, 0.1) is 0 Å². The van der Waals surface area contributed by atoms with Crippen molar-refractivity contribution in [1.82, 2.24) is 37.2 Å². The second-order valence-corrected chi connectivity index (χ2v) is 14.9. The van der Waals surface area contributed by atoms with Crippen LogP contribution in [0.3, 0.4) is 0 Å². The van der Waals surface area contributed by atoms with E-state index in [0.29, 0.717) is 0 Å². The highest BCUT2D eigenvalue weighted by Gasteiger charge is 2.33. The van der Waals surface area contributed by atoms with Crippen LogP contribution in [0.2, 0.25) is 0 Å². The quantitative estimate of drug-likeness (QED) is 0.0162. The molecule has 21 N–H and O–H groups in total. The lowest BCUT2D eigenvalue weighted by Crippen LogP contribution is -2.59. The predicted octanol–water partition coefficient (Wildman–Crippen LogP) is -6.54. The second kappa shape index (κ2) is 31.4. The monoisotopic (exact) mass is 917 g/mol. The highest BCUT2D eigenvalue weighted by molar-refractivity contribution is 7.98. The first-order chi connectivity index (χ1) is 29.6. The van der Waals surface area contributed by atoms with Crippen LogP contribution in [0.5, 0.6) is 0 Å². The number of carbonyl (C=O) groups is 10. The first-order valence-corrected chi connectivity index (χ1v) is 21.1. The van der Waals surface area contributed by atoms with Gasteiger partial charge in [-0.05, 0) is 70.4 Å². The number of likely N-dealkylation sites (N-methyl/N-ethyl adjacent to an activating group) is 1. The van der Waals surface area contributed by atoms with E-state index in [4.69, 9.17) is 44.6 Å². The molecule has 0 aliphatic heterocycles. The SMILES string of the molecule is CNC(CCC(=O)O)C(=O)NC(CCC(=O)NCC(=O)O)C(=O)NC(CCSC)C(=O)NC(CCC(N)=O)C(=O)NC(CCCN=C(N)N)C(=O)NC(CCCN=C(N)N)C(N)=O. The number of amides is 8. The molecule has 0 aliphatic carbocycles. The minimum atomic E-state index is -1.54. The summed E-state index contributed by atoms with van der Waals surface area (Å²) < 4.78 is 0. The maximum Gasteiger partial charge on any atom is 0.322 e. The fourth-order valence-electron chi connectivity index (χ4n) is 5.46. The van der Waals surface area contributed by atoms with Crippen LogP contribution in [0.15, 0.2) is 9.98 Å². The molecule has 0 aromatic heterocycles. The highest BCUT2D eigenvalue weighted by Crippen LogP contribution is 2.09. The lowest BCUT2D eigenvalue weighted by Gasteiger charge is -2.27. The Bertz CT molecular complexity index is 1640. The van der Waals surface area contributed by atoms with Crippen molar-refractivity contribution in [2.75, 3.05) is 38.7 Å². The largest absolute Gasteiger partial charge is 0.481 e. The molecule has 0 radical (unpaired) electrons. The van der Waals surface area contributed by atoms with Gasteiger partial charge in [-0.25, -0.2) is 0 Å². The predicted molar refractivity (Wildman–Crippen MR) is 230 cm³/mol. The van der Waals surface area contributed by atoms with Crippen molar-refractivity contribution >= 4 is 82.9 Å². The Morgan fingerprint density at radius 1 is 0.524 bits per heavy atom. The third kappa shape index (κ3) is 26.5. The molecule has 356 valence electrons. The van der Waals surface area contributed by atoms with Crippen molar-refractivity contribution in [2.24, 2.45) is 44.4 Å². The third-order valence-corrected chi connectivity index (χ3v) is 9.43. The smallest absolute Gasteiger partial charge is 0.322 e. The number of nitrogens with two attached hydrogens (primary N) is 6. The number of guanidine groups is 2. The van der Waals surface area contributed by atoms with Gasteiger partial charge in [-0.3, -0.25) is 57.9 Å². The van der Waals surface area contributed by atoms with Crippen LogP contribution in [-0.2, 0) is 47.9 Å². The molecule has 0 saturated heterocycles. The Morgan fingerprint density at radius 2 is 0.921 bits per heavy atom. The number of primary amides is 2. The van der Waals surface area contributed by atoms with Gasteiger partial charge in [-0.15, -0.1) is 0 Å². The fourth-order valence-corrected chi connectivity index (χ4v) is 5.94. The van der Waals surface area contributed by atoms with Gasteiger partial charge >= 0.3 is 11.9 Å². The number of thioether (sulfide) groups is 1. The molecule has 0 bridgehead atoms. The van der Waals surface area contributed by atoms with Gasteiger partial charge in [0.2, 0.25) is 47.3 Å². The van der Waals surface area contributed by atoms with Gasteiger partial charge in [-0.2, -0.15) is 11.8 Å². The minimum Gasteiger partial charge on any atom is -0.481 e. The number of hydrogen-bond donors (Lipinski definition) is 15. The van der Waals surface area contributed by atoms with E-state index in [9.17, 15) is 47.9 Å². The maximum atomic E-state index is 13.9. The van der Waals surface area contributed by atoms with Crippen LogP contribution >= 0.6 is 11.8 Å². The minimum absolute atomic E-state index is 0.0240. The van der Waals surface area contributed by atoms with E-state index in [1.165, 1.54) is 18.8 Å². The van der Waals surface area contributed by atoms with Crippen LogP contribution in [-0.4, -0.2) is 156 Å². The summed E-state index contributed by atoms with van der Waals surface area (Å²) in [6.45, 7) is -0.572. The molecule has 0 heterocycles. The summed E-state index contributed by atoms with van der Waals surface area (Å²) in [7, 11) is 1.38. The first-order valence-electron chi connectivity index (χ1n) is 19.7. The summed E-state index contributed by atoms with van der Waals surface area (Å²) in [6.07, 6.45) is -0.270. The van der Waals surface area contributed by atoms with Crippen molar-refractivity contribution in [3.8, 4) is 0 Å². The van der Waals surface area contributed by atoms with Gasteiger partial charge in [-0.1, -0.05) is 0 Å². The van der Waals surface area contributed by atoms with Gasteiger partial charge < -0.3 is 81.8 Å². The number of hydrogen-bond acceptors (Lipinski definition) is 14. The standard InChI is InChI=1S/C35H63N15O12S/c1-42-19(9-12-26(53)54)29(58)48-22(8-11-25(52)45-17-27(55)56)32(61)50-23(13-16-63-2)33(62)49-21(7-10-24(36)51)31(60)47-20(6-4-15-44-35(40)41)30(59)46-18(28(37)57)5-3-14-43-34(38)39/h18-23,42H,3-17H2,1-2H3,(H2,36,51)(H2,37,57)(H,45,52)(H,46,59)(H,47,60)(H,48,58)(H,49,62)(H,50,61)(H,53,54)(H,55,56)(H4,38,39,43)(H4,40,41,44). The zero-order valence-electron chi connectivity index (χ0n) is 35.3. The summed E-state index contributed by atoms with van der Waals surface area (Å²) in [4.78, 5) is 134. The molecule has 0 saturated carbocycles. The van der Waals surface area contributed by atoms with Crippen LogP contribution in [0.1, 0.15) is 70.6 Å². The molecule has 0 aromatic rings. The maximum absolute atomic E-state index is 13.9. The number of carboxylic acid groups (broad SMARTS) is 2. The molecule has 8 amide bonds. The summed E-state index contributed by atoms with van der Waals surface area (Å²) in [6, 6.07) is -8.14. The number of aliphatic imine (C=N–C) groups is 2. The fraction of sp³-hybridized carbons (Fsp3) is 0.657. The molecule has 27 nitrogen and oxygen atoms in total. The van der Waals surface area contributed by atoms with Gasteiger partial charge in [0.15, 0.2) is 11.9 Å². The Hall–Kier alpha value is -6.45. The van der Waals surface area contributed by atoms with Crippen molar-refractivity contribution < 1.29 is 58.2 Å². The number of nitrogens with zero attached hydrogens (tertiary/aromatic N) is 2. The number of carbonyl (C=O) groups excluding carboxylic acids is 8. The number of carboxylic acids is 2. The number of nitrogens with one attached hydrogen (secondary N) is 7. The summed E-state index contributed by atoms with van der Waals surface area (Å²) in [5.41, 5.74) is 32.3. The van der Waals surface area contributed by atoms with E-state index < -0.39 is 128 Å². The summed E-state index contributed by atoms with van der Waals surface area (Å²) >= 11 is 1.29. The molecule has 0 aliphatic rings. The number of aliphatic carboxylic acids is 2. The Labute approximate surface area is 367 Å². The van der Waals surface area contributed by atoms with Crippen molar-refractivity contribution in [3.63, 3.8) is 0 Å². The number of rotatable bonds is 34. The second-order valence-electron chi connectivity index (χ2n) is 13.9. The Morgan fingerprint density at radius 3 is 1.32 bits per heavy atom. The van der Waals surface area contributed by atoms with E-state index in [2.05, 4.69) is 47.2 Å². The normalized spacial score (nSPS) is 13.5. The van der Waals surface area contributed by atoms with E-state index in [1.807, 2.05) is 0 Å².